The predicted molar refractivity (Wildman–Crippen MR) is 70.7 cm³/mol. The number of rotatable bonds is 3. The molecule has 1 saturated heterocycles. The van der Waals surface area contributed by atoms with Crippen LogP contribution in [0.3, 0.4) is 0 Å². The van der Waals surface area contributed by atoms with E-state index in [9.17, 15) is 0 Å². The van der Waals surface area contributed by atoms with E-state index in [1.807, 2.05) is 13.2 Å². The average molecular weight is 234 g/mol. The van der Waals surface area contributed by atoms with Gasteiger partial charge in [0.2, 0.25) is 0 Å². The molecular formula is C13H22N4. The molecule has 1 N–H and O–H groups in total. The molecule has 1 aliphatic heterocycles. The Labute approximate surface area is 103 Å². The van der Waals surface area contributed by atoms with Crippen LogP contribution in [0.4, 0.5) is 0 Å². The fourth-order valence-corrected chi connectivity index (χ4v) is 2.53. The van der Waals surface area contributed by atoms with Crippen LogP contribution in [0.2, 0.25) is 0 Å². The van der Waals surface area contributed by atoms with Gasteiger partial charge < -0.3 is 5.32 Å². The highest BCUT2D eigenvalue weighted by atomic mass is 15.3. The third-order valence-corrected chi connectivity index (χ3v) is 3.39. The molecule has 0 aliphatic carbocycles. The molecule has 0 spiro atoms. The lowest BCUT2D eigenvalue weighted by Gasteiger charge is -2.25. The summed E-state index contributed by atoms with van der Waals surface area (Å²) >= 11 is 0. The molecule has 17 heavy (non-hydrogen) atoms. The van der Waals surface area contributed by atoms with Crippen LogP contribution >= 0.6 is 0 Å². The first-order valence-electron chi connectivity index (χ1n) is 6.45. The minimum atomic E-state index is 0.387. The Bertz CT molecular complexity index is 386. The summed E-state index contributed by atoms with van der Waals surface area (Å²) in [5.74, 6) is 0.579. The van der Waals surface area contributed by atoms with Crippen LogP contribution < -0.4 is 5.32 Å². The molecule has 2 rings (SSSR count). The third kappa shape index (κ3) is 2.57. The normalized spacial score (nSPS) is 18.9. The van der Waals surface area contributed by atoms with Crippen molar-refractivity contribution in [3.63, 3.8) is 0 Å². The smallest absolute Gasteiger partial charge is 0.0826 e. The number of aromatic nitrogens is 2. The lowest BCUT2D eigenvalue weighted by molar-refractivity contribution is 0.452. The standard InChI is InChI=1S/C13H22N4/c1-10(2)17-12(6-9-16-17)13(14-3)11-4-7-15-8-5-11/h6,9-11,15H,4-5,7-8H2,1-3H3. The Morgan fingerprint density at radius 1 is 1.47 bits per heavy atom. The number of nitrogens with zero attached hydrogens (tertiary/aromatic N) is 3. The topological polar surface area (TPSA) is 42.2 Å². The molecule has 0 amide bonds. The van der Waals surface area contributed by atoms with Gasteiger partial charge in [0.05, 0.1) is 11.4 Å². The SMILES string of the molecule is CN=C(c1ccnn1C(C)C)C1CCNCC1. The lowest BCUT2D eigenvalue weighted by Crippen LogP contribution is -2.33. The number of hydrogen-bond acceptors (Lipinski definition) is 3. The fraction of sp³-hybridized carbons (Fsp3) is 0.692. The van der Waals surface area contributed by atoms with Crippen molar-refractivity contribution in [3.05, 3.63) is 18.0 Å². The second-order valence-electron chi connectivity index (χ2n) is 4.89. The Morgan fingerprint density at radius 2 is 2.18 bits per heavy atom. The summed E-state index contributed by atoms with van der Waals surface area (Å²) in [6, 6.07) is 2.48. The summed E-state index contributed by atoms with van der Waals surface area (Å²) < 4.78 is 2.07. The number of hydrogen-bond donors (Lipinski definition) is 1. The lowest BCUT2D eigenvalue weighted by atomic mass is 9.91. The highest BCUT2D eigenvalue weighted by Gasteiger charge is 2.22. The van der Waals surface area contributed by atoms with Crippen LogP contribution in [0.5, 0.6) is 0 Å². The maximum atomic E-state index is 4.53. The summed E-state index contributed by atoms with van der Waals surface area (Å²) in [6.45, 7) is 6.51. The summed E-state index contributed by atoms with van der Waals surface area (Å²) in [4.78, 5) is 4.53. The monoisotopic (exact) mass is 234 g/mol. The van der Waals surface area contributed by atoms with Gasteiger partial charge in [0.25, 0.3) is 0 Å². The fourth-order valence-electron chi connectivity index (χ4n) is 2.53. The van der Waals surface area contributed by atoms with E-state index in [2.05, 4.69) is 40.0 Å². The van der Waals surface area contributed by atoms with Crippen molar-refractivity contribution in [1.29, 1.82) is 0 Å². The first kappa shape index (κ1) is 12.3. The van der Waals surface area contributed by atoms with Gasteiger partial charge in [0.15, 0.2) is 0 Å². The van der Waals surface area contributed by atoms with E-state index in [1.54, 1.807) is 0 Å². The zero-order chi connectivity index (χ0) is 12.3. The molecule has 2 heterocycles. The molecule has 1 aliphatic rings. The van der Waals surface area contributed by atoms with E-state index in [4.69, 9.17) is 0 Å². The molecule has 0 saturated carbocycles. The second-order valence-corrected chi connectivity index (χ2v) is 4.89. The van der Waals surface area contributed by atoms with Gasteiger partial charge in [-0.3, -0.25) is 9.67 Å². The van der Waals surface area contributed by atoms with Gasteiger partial charge in [-0.25, -0.2) is 0 Å². The first-order valence-corrected chi connectivity index (χ1v) is 6.45. The molecule has 0 radical (unpaired) electrons. The third-order valence-electron chi connectivity index (χ3n) is 3.39. The van der Waals surface area contributed by atoms with E-state index < -0.39 is 0 Å². The summed E-state index contributed by atoms with van der Waals surface area (Å²) in [7, 11) is 1.90. The van der Waals surface area contributed by atoms with Gasteiger partial charge in [-0.2, -0.15) is 5.10 Å². The summed E-state index contributed by atoms with van der Waals surface area (Å²) in [5, 5.41) is 7.80. The predicted octanol–water partition coefficient (Wildman–Crippen LogP) is 1.88. The number of piperidine rings is 1. The minimum Gasteiger partial charge on any atom is -0.317 e. The van der Waals surface area contributed by atoms with E-state index in [-0.39, 0.29) is 0 Å². The first-order chi connectivity index (χ1) is 8.24. The van der Waals surface area contributed by atoms with Gasteiger partial charge in [-0.1, -0.05) is 0 Å². The Morgan fingerprint density at radius 3 is 2.76 bits per heavy atom. The maximum absolute atomic E-state index is 4.53. The highest BCUT2D eigenvalue weighted by molar-refractivity contribution is 6.00. The largest absolute Gasteiger partial charge is 0.317 e. The van der Waals surface area contributed by atoms with Crippen molar-refractivity contribution >= 4 is 5.71 Å². The molecule has 1 aromatic heterocycles. The van der Waals surface area contributed by atoms with E-state index in [1.165, 1.54) is 24.2 Å². The van der Waals surface area contributed by atoms with Crippen molar-refractivity contribution in [1.82, 2.24) is 15.1 Å². The van der Waals surface area contributed by atoms with Crippen LogP contribution in [-0.4, -0.2) is 35.6 Å². The van der Waals surface area contributed by atoms with Gasteiger partial charge in [-0.15, -0.1) is 0 Å². The van der Waals surface area contributed by atoms with Gasteiger partial charge in [-0.05, 0) is 45.8 Å². The second kappa shape index (κ2) is 5.45. The molecule has 1 fully saturated rings. The number of nitrogens with one attached hydrogen (secondary N) is 1. The molecule has 0 bridgehead atoms. The van der Waals surface area contributed by atoms with Gasteiger partial charge in [0.1, 0.15) is 0 Å². The van der Waals surface area contributed by atoms with Crippen molar-refractivity contribution in [3.8, 4) is 0 Å². The molecule has 4 heteroatoms. The Kier molecular flexibility index (Phi) is 3.94. The van der Waals surface area contributed by atoms with E-state index >= 15 is 0 Å². The van der Waals surface area contributed by atoms with Crippen molar-refractivity contribution in [2.75, 3.05) is 20.1 Å². The highest BCUT2D eigenvalue weighted by Crippen LogP contribution is 2.20. The Balaban J connectivity index is 2.25. The van der Waals surface area contributed by atoms with Crippen LogP contribution in [0.15, 0.2) is 17.3 Å². The molecule has 94 valence electrons. The van der Waals surface area contributed by atoms with Gasteiger partial charge in [0, 0.05) is 25.2 Å². The van der Waals surface area contributed by atoms with Crippen molar-refractivity contribution in [2.24, 2.45) is 10.9 Å². The van der Waals surface area contributed by atoms with Crippen LogP contribution in [-0.2, 0) is 0 Å². The minimum absolute atomic E-state index is 0.387. The quantitative estimate of drug-likeness (QED) is 0.811. The summed E-state index contributed by atoms with van der Waals surface area (Å²) in [5.41, 5.74) is 2.41. The van der Waals surface area contributed by atoms with Gasteiger partial charge >= 0.3 is 0 Å². The summed E-state index contributed by atoms with van der Waals surface area (Å²) in [6.07, 6.45) is 4.23. The average Bonchev–Trinajstić information content (AvgIpc) is 2.81. The zero-order valence-corrected chi connectivity index (χ0v) is 11.0. The molecule has 4 nitrogen and oxygen atoms in total. The van der Waals surface area contributed by atoms with Crippen molar-refractivity contribution < 1.29 is 0 Å². The number of aliphatic imine (C=N–C) groups is 1. The zero-order valence-electron chi connectivity index (χ0n) is 11.0. The van der Waals surface area contributed by atoms with E-state index in [0.717, 1.165) is 13.1 Å². The Hall–Kier alpha value is -1.16. The molecule has 1 aromatic rings. The molecular weight excluding hydrogens is 212 g/mol. The molecule has 0 aromatic carbocycles. The molecule has 0 atom stereocenters. The van der Waals surface area contributed by atoms with E-state index in [0.29, 0.717) is 12.0 Å². The van der Waals surface area contributed by atoms with Crippen LogP contribution in [0.1, 0.15) is 38.4 Å². The van der Waals surface area contributed by atoms with Crippen LogP contribution in [0, 0.1) is 5.92 Å². The van der Waals surface area contributed by atoms with Crippen molar-refractivity contribution in [2.45, 2.75) is 32.7 Å². The maximum Gasteiger partial charge on any atom is 0.0826 e. The van der Waals surface area contributed by atoms with Crippen LogP contribution in [0.25, 0.3) is 0 Å². The molecule has 0 unspecified atom stereocenters.